The van der Waals surface area contributed by atoms with E-state index >= 15 is 0 Å². The lowest BCUT2D eigenvalue weighted by atomic mass is 9.98. The Labute approximate surface area is 162 Å². The van der Waals surface area contributed by atoms with Crippen LogP contribution in [0.5, 0.6) is 0 Å². The summed E-state index contributed by atoms with van der Waals surface area (Å²) >= 11 is 0. The van der Waals surface area contributed by atoms with E-state index < -0.39 is 4.92 Å². The van der Waals surface area contributed by atoms with Gasteiger partial charge >= 0.3 is 0 Å². The smallest absolute Gasteiger partial charge is 0.295 e. The third-order valence-electron chi connectivity index (χ3n) is 5.40. The van der Waals surface area contributed by atoms with Crippen molar-refractivity contribution in [2.24, 2.45) is 0 Å². The van der Waals surface area contributed by atoms with Gasteiger partial charge < -0.3 is 10.2 Å². The van der Waals surface area contributed by atoms with Gasteiger partial charge in [0.25, 0.3) is 11.6 Å². The second kappa shape index (κ2) is 7.61. The van der Waals surface area contributed by atoms with Crippen LogP contribution in [0.3, 0.4) is 0 Å². The molecule has 0 saturated carbocycles. The van der Waals surface area contributed by atoms with Crippen molar-refractivity contribution in [3.63, 3.8) is 0 Å². The minimum Gasteiger partial charge on any atom is -0.339 e. The molecule has 0 spiro atoms. The molecule has 1 aromatic heterocycles. The van der Waals surface area contributed by atoms with Gasteiger partial charge in [-0.05, 0) is 37.8 Å². The molecule has 10 heteroatoms. The Bertz CT molecular complexity index is 831. The summed E-state index contributed by atoms with van der Waals surface area (Å²) in [6, 6.07) is 5.58. The van der Waals surface area contributed by atoms with Gasteiger partial charge in [0.05, 0.1) is 4.92 Å². The number of nitrogens with one attached hydrogen (secondary N) is 1. The van der Waals surface area contributed by atoms with E-state index in [-0.39, 0.29) is 35.7 Å². The molecule has 1 aromatic carbocycles. The van der Waals surface area contributed by atoms with Gasteiger partial charge in [0, 0.05) is 36.8 Å². The number of rotatable bonds is 4. The zero-order chi connectivity index (χ0) is 18.3. The highest BCUT2D eigenvalue weighted by atomic mass is 35.5. The summed E-state index contributed by atoms with van der Waals surface area (Å²) in [6.07, 6.45) is 6.86. The zero-order valence-electron chi connectivity index (χ0n) is 14.8. The van der Waals surface area contributed by atoms with Crippen LogP contribution in [0, 0.1) is 10.1 Å². The molecule has 144 valence electrons. The lowest BCUT2D eigenvalue weighted by Crippen LogP contribution is -2.48. The molecular weight excluding hydrogens is 372 g/mol. The second-order valence-corrected chi connectivity index (χ2v) is 6.98. The fourth-order valence-electron chi connectivity index (χ4n) is 4.04. The number of benzene rings is 1. The topological polar surface area (TPSA) is 106 Å². The maximum absolute atomic E-state index is 12.9. The van der Waals surface area contributed by atoms with Crippen molar-refractivity contribution in [2.75, 3.05) is 7.05 Å². The Morgan fingerprint density at radius 3 is 2.63 bits per heavy atom. The molecule has 2 aliphatic heterocycles. The first kappa shape index (κ1) is 19.2. The summed E-state index contributed by atoms with van der Waals surface area (Å²) in [4.78, 5) is 29.4. The van der Waals surface area contributed by atoms with Gasteiger partial charge in [-0.25, -0.2) is 9.67 Å². The number of nitrogens with zero attached hydrogens (tertiary/aromatic N) is 5. The molecule has 4 rings (SSSR count). The highest BCUT2D eigenvalue weighted by molar-refractivity contribution is 5.95. The molecule has 2 saturated heterocycles. The van der Waals surface area contributed by atoms with E-state index in [9.17, 15) is 14.9 Å². The minimum atomic E-state index is -0.501. The van der Waals surface area contributed by atoms with Gasteiger partial charge in [0.1, 0.15) is 18.3 Å². The first-order valence-electron chi connectivity index (χ1n) is 8.69. The molecule has 0 aliphatic carbocycles. The molecule has 2 aliphatic rings. The molecule has 2 atom stereocenters. The second-order valence-electron chi connectivity index (χ2n) is 6.98. The fourth-order valence-corrected chi connectivity index (χ4v) is 4.04. The standard InChI is InChI=1S/C17H20N6O3.ClH/c1-21(14-7-12-3-4-13(8-14)20-12)17(24)11-2-5-15(16(6-11)23(25)26)22-10-18-9-19-22;/h2,5-6,9-10,12-14,20H,3-4,7-8H2,1H3;1H. The van der Waals surface area contributed by atoms with E-state index in [1.807, 2.05) is 0 Å². The third kappa shape index (κ3) is 3.65. The number of nitro groups is 1. The normalized spacial score (nSPS) is 23.5. The summed E-state index contributed by atoms with van der Waals surface area (Å²) in [5.41, 5.74) is 0.431. The van der Waals surface area contributed by atoms with E-state index in [4.69, 9.17) is 0 Å². The lowest BCUT2D eigenvalue weighted by Gasteiger charge is -2.35. The first-order valence-corrected chi connectivity index (χ1v) is 8.69. The van der Waals surface area contributed by atoms with Crippen molar-refractivity contribution >= 4 is 24.0 Å². The number of hydrogen-bond acceptors (Lipinski definition) is 6. The van der Waals surface area contributed by atoms with E-state index in [0.29, 0.717) is 17.6 Å². The van der Waals surface area contributed by atoms with Gasteiger partial charge in [0.2, 0.25) is 0 Å². The van der Waals surface area contributed by atoms with Gasteiger partial charge in [-0.1, -0.05) is 0 Å². The molecule has 0 radical (unpaired) electrons. The van der Waals surface area contributed by atoms with Crippen LogP contribution in [0.4, 0.5) is 5.69 Å². The average molecular weight is 393 g/mol. The maximum Gasteiger partial charge on any atom is 0.295 e. The van der Waals surface area contributed by atoms with Crippen molar-refractivity contribution in [2.45, 2.75) is 43.8 Å². The maximum atomic E-state index is 12.9. The molecule has 2 fully saturated rings. The van der Waals surface area contributed by atoms with E-state index in [1.54, 1.807) is 24.1 Å². The molecule has 1 N–H and O–H groups in total. The van der Waals surface area contributed by atoms with E-state index in [0.717, 1.165) is 25.7 Å². The number of halogens is 1. The van der Waals surface area contributed by atoms with Crippen molar-refractivity contribution in [1.82, 2.24) is 25.0 Å². The van der Waals surface area contributed by atoms with Gasteiger partial charge in [-0.3, -0.25) is 14.9 Å². The Morgan fingerprint density at radius 1 is 1.33 bits per heavy atom. The molecule has 2 aromatic rings. The Balaban J connectivity index is 0.00000210. The van der Waals surface area contributed by atoms with Crippen LogP contribution in [0.1, 0.15) is 36.0 Å². The van der Waals surface area contributed by atoms with Gasteiger partial charge in [-0.2, -0.15) is 5.10 Å². The van der Waals surface area contributed by atoms with Crippen LogP contribution in [0.25, 0.3) is 5.69 Å². The summed E-state index contributed by atoms with van der Waals surface area (Å²) in [5, 5.41) is 19.0. The van der Waals surface area contributed by atoms with Crippen molar-refractivity contribution in [3.8, 4) is 5.69 Å². The van der Waals surface area contributed by atoms with Crippen LogP contribution in [-0.4, -0.2) is 55.7 Å². The SMILES string of the molecule is CN(C(=O)c1ccc(-n2cncn2)c([N+](=O)[O-])c1)C1CC2CCC(C1)N2.Cl. The zero-order valence-corrected chi connectivity index (χ0v) is 15.6. The Morgan fingerprint density at radius 2 is 2.04 bits per heavy atom. The monoisotopic (exact) mass is 392 g/mol. The number of carbonyl (C=O) groups excluding carboxylic acids is 1. The highest BCUT2D eigenvalue weighted by Crippen LogP contribution is 2.30. The summed E-state index contributed by atoms with van der Waals surface area (Å²) in [5.74, 6) is -0.190. The first-order chi connectivity index (χ1) is 12.5. The molecule has 9 nitrogen and oxygen atoms in total. The molecule has 2 unspecified atom stereocenters. The summed E-state index contributed by atoms with van der Waals surface area (Å²) in [6.45, 7) is 0. The fraction of sp³-hybridized carbons (Fsp3) is 0.471. The number of nitro benzene ring substituents is 1. The molecule has 1 amide bonds. The predicted molar refractivity (Wildman–Crippen MR) is 100 cm³/mol. The number of carbonyl (C=O) groups is 1. The van der Waals surface area contributed by atoms with E-state index in [2.05, 4.69) is 15.4 Å². The van der Waals surface area contributed by atoms with Gasteiger partial charge in [0.15, 0.2) is 0 Å². The highest BCUT2D eigenvalue weighted by Gasteiger charge is 2.36. The number of piperidine rings is 1. The number of hydrogen-bond donors (Lipinski definition) is 1. The van der Waals surface area contributed by atoms with Crippen molar-refractivity contribution in [1.29, 1.82) is 0 Å². The third-order valence-corrected chi connectivity index (χ3v) is 5.40. The molecule has 27 heavy (non-hydrogen) atoms. The summed E-state index contributed by atoms with van der Waals surface area (Å²) < 4.78 is 1.32. The van der Waals surface area contributed by atoms with E-state index in [1.165, 1.54) is 23.4 Å². The predicted octanol–water partition coefficient (Wildman–Crippen LogP) is 1.95. The van der Waals surface area contributed by atoms with Crippen molar-refractivity contribution < 1.29 is 9.72 Å². The van der Waals surface area contributed by atoms with Crippen LogP contribution < -0.4 is 5.32 Å². The molecule has 2 bridgehead atoms. The average Bonchev–Trinajstić information content (AvgIpc) is 3.29. The lowest BCUT2D eigenvalue weighted by molar-refractivity contribution is -0.384. The Hall–Kier alpha value is -2.52. The number of aromatic nitrogens is 3. The molecular formula is C17H21ClN6O3. The van der Waals surface area contributed by atoms with Gasteiger partial charge in [-0.15, -0.1) is 12.4 Å². The largest absolute Gasteiger partial charge is 0.339 e. The van der Waals surface area contributed by atoms with Crippen molar-refractivity contribution in [3.05, 3.63) is 46.5 Å². The minimum absolute atomic E-state index is 0. The quantitative estimate of drug-likeness (QED) is 0.629. The number of amides is 1. The van der Waals surface area contributed by atoms with Crippen LogP contribution in [0.2, 0.25) is 0 Å². The van der Waals surface area contributed by atoms with Crippen LogP contribution in [-0.2, 0) is 0 Å². The Kier molecular flexibility index (Phi) is 5.43. The van der Waals surface area contributed by atoms with Crippen LogP contribution >= 0.6 is 12.4 Å². The van der Waals surface area contributed by atoms with Crippen LogP contribution in [0.15, 0.2) is 30.9 Å². The summed E-state index contributed by atoms with van der Waals surface area (Å²) in [7, 11) is 1.79. The molecule has 3 heterocycles. The number of fused-ring (bicyclic) bond motifs is 2.